The smallest absolute Gasteiger partial charge is 0.339 e. The van der Waals surface area contributed by atoms with Crippen LogP contribution in [0.25, 0.3) is 0 Å². The van der Waals surface area contributed by atoms with Gasteiger partial charge in [-0.05, 0) is 39.0 Å². The lowest BCUT2D eigenvalue weighted by Crippen LogP contribution is -2.24. The number of aromatic carboxylic acids is 1. The van der Waals surface area contributed by atoms with Gasteiger partial charge in [0.05, 0.1) is 0 Å². The molecule has 0 heterocycles. The maximum absolute atomic E-state index is 10.9. The van der Waals surface area contributed by atoms with Crippen molar-refractivity contribution >= 4 is 5.97 Å². The van der Waals surface area contributed by atoms with Gasteiger partial charge >= 0.3 is 5.97 Å². The number of carbonyl (C=O) groups is 1. The molecule has 82 valence electrons. The molecule has 0 spiro atoms. The van der Waals surface area contributed by atoms with Gasteiger partial charge in [-0.2, -0.15) is 0 Å². The number of carboxylic acid groups (broad SMARTS) is 1. The Labute approximate surface area is 88.1 Å². The highest BCUT2D eigenvalue weighted by Gasteiger charge is 2.18. The molecule has 2 N–H and O–H groups in total. The largest absolute Gasteiger partial charge is 0.508 e. The Morgan fingerprint density at radius 3 is 2.40 bits per heavy atom. The molecule has 0 saturated carbocycles. The molecule has 0 amide bonds. The van der Waals surface area contributed by atoms with E-state index in [-0.39, 0.29) is 17.1 Å². The van der Waals surface area contributed by atoms with Gasteiger partial charge in [0.15, 0.2) is 0 Å². The second-order valence-corrected chi connectivity index (χ2v) is 4.20. The van der Waals surface area contributed by atoms with E-state index in [1.807, 2.05) is 20.8 Å². The lowest BCUT2D eigenvalue weighted by molar-refractivity contribution is 0.0680. The van der Waals surface area contributed by atoms with E-state index >= 15 is 0 Å². The Hall–Kier alpha value is -1.71. The van der Waals surface area contributed by atoms with Gasteiger partial charge in [0, 0.05) is 0 Å². The van der Waals surface area contributed by atoms with E-state index in [1.165, 1.54) is 18.2 Å². The monoisotopic (exact) mass is 210 g/mol. The molecule has 1 rings (SSSR count). The molecule has 1 aromatic carbocycles. The third kappa shape index (κ3) is 3.16. The first kappa shape index (κ1) is 11.4. The summed E-state index contributed by atoms with van der Waals surface area (Å²) in [4.78, 5) is 10.9. The average Bonchev–Trinajstić information content (AvgIpc) is 2.05. The molecule has 0 aliphatic carbocycles. The Morgan fingerprint density at radius 1 is 1.33 bits per heavy atom. The molecule has 0 aromatic heterocycles. The van der Waals surface area contributed by atoms with Crippen molar-refractivity contribution in [3.63, 3.8) is 0 Å². The van der Waals surface area contributed by atoms with Crippen LogP contribution in [0, 0.1) is 0 Å². The number of aromatic hydroxyl groups is 1. The number of hydrogen-bond acceptors (Lipinski definition) is 3. The van der Waals surface area contributed by atoms with Crippen LogP contribution in [0.3, 0.4) is 0 Å². The first-order valence-electron chi connectivity index (χ1n) is 4.55. The fourth-order valence-electron chi connectivity index (χ4n) is 1.10. The van der Waals surface area contributed by atoms with E-state index in [2.05, 4.69) is 0 Å². The summed E-state index contributed by atoms with van der Waals surface area (Å²) in [6, 6.07) is 4.01. The molecular formula is C11H14O4. The molecule has 0 aliphatic heterocycles. The molecule has 0 unspecified atom stereocenters. The maximum Gasteiger partial charge on any atom is 0.339 e. The Morgan fingerprint density at radius 2 is 1.93 bits per heavy atom. The Kier molecular flexibility index (Phi) is 2.88. The molecule has 0 aliphatic rings. The van der Waals surface area contributed by atoms with E-state index in [0.717, 1.165) is 0 Å². The highest BCUT2D eigenvalue weighted by Crippen LogP contribution is 2.26. The fraction of sp³-hybridized carbons (Fsp3) is 0.364. The van der Waals surface area contributed by atoms with Crippen molar-refractivity contribution in [2.45, 2.75) is 26.4 Å². The molecule has 0 atom stereocenters. The minimum atomic E-state index is -1.12. The standard InChI is InChI=1S/C11H14O4/c1-11(2,3)15-9-5-4-7(12)6-8(9)10(13)14/h4-6,12H,1-3H3,(H,13,14). The summed E-state index contributed by atoms with van der Waals surface area (Å²) in [7, 11) is 0. The number of ether oxygens (including phenoxy) is 1. The van der Waals surface area contributed by atoms with Crippen LogP contribution in [0.1, 0.15) is 31.1 Å². The van der Waals surface area contributed by atoms with Gasteiger partial charge < -0.3 is 14.9 Å². The van der Waals surface area contributed by atoms with Crippen LogP contribution in [0.15, 0.2) is 18.2 Å². The summed E-state index contributed by atoms with van der Waals surface area (Å²) in [6.07, 6.45) is 0. The minimum absolute atomic E-state index is 0.0371. The average molecular weight is 210 g/mol. The van der Waals surface area contributed by atoms with Crippen LogP contribution >= 0.6 is 0 Å². The van der Waals surface area contributed by atoms with Crippen molar-refractivity contribution in [3.05, 3.63) is 23.8 Å². The van der Waals surface area contributed by atoms with Gasteiger partial charge in [0.25, 0.3) is 0 Å². The zero-order chi connectivity index (χ0) is 11.6. The van der Waals surface area contributed by atoms with Gasteiger partial charge in [0.1, 0.15) is 22.7 Å². The Bertz CT molecular complexity index is 377. The lowest BCUT2D eigenvalue weighted by Gasteiger charge is -2.22. The molecule has 15 heavy (non-hydrogen) atoms. The van der Waals surface area contributed by atoms with E-state index in [9.17, 15) is 4.79 Å². The highest BCUT2D eigenvalue weighted by atomic mass is 16.5. The van der Waals surface area contributed by atoms with Crippen molar-refractivity contribution in [2.24, 2.45) is 0 Å². The SMILES string of the molecule is CC(C)(C)Oc1ccc(O)cc1C(=O)O. The van der Waals surface area contributed by atoms with Crippen LogP contribution in [0.4, 0.5) is 0 Å². The summed E-state index contributed by atoms with van der Waals surface area (Å²) < 4.78 is 5.46. The van der Waals surface area contributed by atoms with Crippen molar-refractivity contribution in [2.75, 3.05) is 0 Å². The predicted octanol–water partition coefficient (Wildman–Crippen LogP) is 2.27. The minimum Gasteiger partial charge on any atom is -0.508 e. The molecule has 0 radical (unpaired) electrons. The third-order valence-electron chi connectivity index (χ3n) is 1.61. The summed E-state index contributed by atoms with van der Waals surface area (Å²) in [5.41, 5.74) is -0.508. The molecule has 4 nitrogen and oxygen atoms in total. The number of phenolic OH excluding ortho intramolecular Hbond substituents is 1. The van der Waals surface area contributed by atoms with Crippen LogP contribution < -0.4 is 4.74 Å². The van der Waals surface area contributed by atoms with Crippen molar-refractivity contribution < 1.29 is 19.7 Å². The predicted molar refractivity (Wildman–Crippen MR) is 55.4 cm³/mol. The molecule has 1 aromatic rings. The van der Waals surface area contributed by atoms with Crippen molar-refractivity contribution in [1.82, 2.24) is 0 Å². The van der Waals surface area contributed by atoms with E-state index < -0.39 is 11.6 Å². The highest BCUT2D eigenvalue weighted by molar-refractivity contribution is 5.91. The zero-order valence-electron chi connectivity index (χ0n) is 8.94. The second kappa shape index (κ2) is 3.81. The van der Waals surface area contributed by atoms with Gasteiger partial charge in [-0.15, -0.1) is 0 Å². The van der Waals surface area contributed by atoms with Gasteiger partial charge in [0.2, 0.25) is 0 Å². The summed E-state index contributed by atoms with van der Waals surface area (Å²) in [6.45, 7) is 5.47. The van der Waals surface area contributed by atoms with Gasteiger partial charge in [-0.25, -0.2) is 4.79 Å². The van der Waals surface area contributed by atoms with Gasteiger partial charge in [-0.3, -0.25) is 0 Å². The summed E-state index contributed by atoms with van der Waals surface area (Å²) in [5.74, 6) is -0.952. The zero-order valence-corrected chi connectivity index (χ0v) is 8.94. The van der Waals surface area contributed by atoms with Crippen LogP contribution in [-0.4, -0.2) is 21.8 Å². The third-order valence-corrected chi connectivity index (χ3v) is 1.61. The number of benzene rings is 1. The Balaban J connectivity index is 3.12. The van der Waals surface area contributed by atoms with Crippen LogP contribution in [0.2, 0.25) is 0 Å². The van der Waals surface area contributed by atoms with E-state index in [1.54, 1.807) is 0 Å². The van der Waals surface area contributed by atoms with E-state index in [4.69, 9.17) is 14.9 Å². The van der Waals surface area contributed by atoms with Crippen LogP contribution in [0.5, 0.6) is 11.5 Å². The van der Waals surface area contributed by atoms with Crippen molar-refractivity contribution in [3.8, 4) is 11.5 Å². The summed E-state index contributed by atoms with van der Waals surface area (Å²) in [5, 5.41) is 18.1. The molecule has 0 fully saturated rings. The lowest BCUT2D eigenvalue weighted by atomic mass is 10.1. The normalized spacial score (nSPS) is 11.1. The van der Waals surface area contributed by atoms with E-state index in [0.29, 0.717) is 0 Å². The number of carboxylic acids is 1. The maximum atomic E-state index is 10.9. The first-order chi connectivity index (χ1) is 6.79. The van der Waals surface area contributed by atoms with Crippen LogP contribution in [-0.2, 0) is 0 Å². The second-order valence-electron chi connectivity index (χ2n) is 4.20. The fourth-order valence-corrected chi connectivity index (χ4v) is 1.10. The number of phenols is 1. The number of hydrogen-bond donors (Lipinski definition) is 2. The molecule has 0 saturated heterocycles. The van der Waals surface area contributed by atoms with Crippen molar-refractivity contribution in [1.29, 1.82) is 0 Å². The quantitative estimate of drug-likeness (QED) is 0.785. The van der Waals surface area contributed by atoms with Gasteiger partial charge in [-0.1, -0.05) is 0 Å². The first-order valence-corrected chi connectivity index (χ1v) is 4.55. The summed E-state index contributed by atoms with van der Waals surface area (Å²) >= 11 is 0. The molecule has 0 bridgehead atoms. The number of rotatable bonds is 2. The topological polar surface area (TPSA) is 66.8 Å². The molecular weight excluding hydrogens is 196 g/mol. The molecule has 4 heteroatoms.